The number of amides is 1. The maximum absolute atomic E-state index is 11.2. The summed E-state index contributed by atoms with van der Waals surface area (Å²) in [6.45, 7) is 0. The molecule has 0 aliphatic heterocycles. The predicted molar refractivity (Wildman–Crippen MR) is 52.3 cm³/mol. The lowest BCUT2D eigenvalue weighted by Crippen LogP contribution is -2.31. The number of nitrogens with one attached hydrogen (secondary N) is 1. The molecule has 0 unspecified atom stereocenters. The summed E-state index contributed by atoms with van der Waals surface area (Å²) in [4.78, 5) is 15.4. The first kappa shape index (κ1) is 8.96. The predicted octanol–water partition coefficient (Wildman–Crippen LogP) is 0.145. The Labute approximate surface area is 81.5 Å². The summed E-state index contributed by atoms with van der Waals surface area (Å²) in [6, 6.07) is 3.33. The van der Waals surface area contributed by atoms with Crippen molar-refractivity contribution in [1.29, 1.82) is 0 Å². The van der Waals surface area contributed by atoms with Crippen molar-refractivity contribution in [3.8, 4) is 0 Å². The van der Waals surface area contributed by atoms with E-state index in [1.165, 1.54) is 6.07 Å². The molecule has 1 aliphatic carbocycles. The topological polar surface area (TPSA) is 94.0 Å². The number of hydrazine groups is 1. The summed E-state index contributed by atoms with van der Waals surface area (Å²) in [5.41, 5.74) is 9.43. The van der Waals surface area contributed by atoms with Crippen LogP contribution in [0, 0.1) is 0 Å². The lowest BCUT2D eigenvalue weighted by molar-refractivity contribution is 0.0948. The van der Waals surface area contributed by atoms with E-state index < -0.39 is 5.91 Å². The van der Waals surface area contributed by atoms with E-state index >= 15 is 0 Å². The molecule has 0 radical (unpaired) electrons. The average Bonchev–Trinajstić information content (AvgIpc) is 2.98. The molecule has 0 saturated heterocycles. The minimum atomic E-state index is -0.404. The number of nitrogens with zero attached hydrogens (tertiary/aromatic N) is 1. The second-order valence-corrected chi connectivity index (χ2v) is 3.46. The fourth-order valence-corrected chi connectivity index (χ4v) is 1.35. The maximum atomic E-state index is 11.2. The molecule has 74 valence electrons. The van der Waals surface area contributed by atoms with Gasteiger partial charge in [0.25, 0.3) is 5.91 Å². The Hall–Kier alpha value is -1.62. The molecule has 2 rings (SSSR count). The van der Waals surface area contributed by atoms with Gasteiger partial charge in [-0.1, -0.05) is 0 Å². The summed E-state index contributed by atoms with van der Waals surface area (Å²) < 4.78 is 0. The smallest absolute Gasteiger partial charge is 0.283 e. The van der Waals surface area contributed by atoms with Crippen molar-refractivity contribution < 1.29 is 4.79 Å². The largest absolute Gasteiger partial charge is 0.399 e. The summed E-state index contributed by atoms with van der Waals surface area (Å²) in [7, 11) is 0. The molecule has 1 aromatic heterocycles. The number of hydrogen-bond donors (Lipinski definition) is 3. The molecule has 14 heavy (non-hydrogen) atoms. The number of pyridine rings is 1. The van der Waals surface area contributed by atoms with E-state index in [1.54, 1.807) is 0 Å². The number of hydrogen-bond acceptors (Lipinski definition) is 4. The van der Waals surface area contributed by atoms with E-state index in [4.69, 9.17) is 11.6 Å². The molecular weight excluding hydrogens is 180 g/mol. The van der Waals surface area contributed by atoms with Crippen LogP contribution in [0.3, 0.4) is 0 Å². The highest BCUT2D eigenvalue weighted by Gasteiger charge is 2.26. The quantitative estimate of drug-likeness (QED) is 0.353. The molecule has 1 amide bonds. The van der Waals surface area contributed by atoms with Crippen molar-refractivity contribution >= 4 is 11.6 Å². The summed E-state index contributed by atoms with van der Waals surface area (Å²) in [5, 5.41) is 0. The van der Waals surface area contributed by atoms with Crippen molar-refractivity contribution in [1.82, 2.24) is 10.4 Å². The molecule has 5 N–H and O–H groups in total. The van der Waals surface area contributed by atoms with Crippen LogP contribution in [0.5, 0.6) is 0 Å². The summed E-state index contributed by atoms with van der Waals surface area (Å²) in [6.07, 6.45) is 2.25. The van der Waals surface area contributed by atoms with E-state index in [0.29, 0.717) is 11.6 Å². The first-order valence-corrected chi connectivity index (χ1v) is 4.49. The van der Waals surface area contributed by atoms with Crippen LogP contribution in [0.15, 0.2) is 12.1 Å². The lowest BCUT2D eigenvalue weighted by atomic mass is 10.2. The van der Waals surface area contributed by atoms with Crippen molar-refractivity contribution in [2.45, 2.75) is 18.8 Å². The molecule has 1 aromatic rings. The second-order valence-electron chi connectivity index (χ2n) is 3.46. The number of aromatic nitrogens is 1. The second kappa shape index (κ2) is 3.26. The zero-order valence-electron chi connectivity index (χ0n) is 7.66. The van der Waals surface area contributed by atoms with Crippen LogP contribution in [-0.4, -0.2) is 10.9 Å². The van der Waals surface area contributed by atoms with Gasteiger partial charge in [-0.05, 0) is 25.0 Å². The van der Waals surface area contributed by atoms with Crippen LogP contribution in [0.1, 0.15) is 34.9 Å². The van der Waals surface area contributed by atoms with Crippen LogP contribution < -0.4 is 17.0 Å². The van der Waals surface area contributed by atoms with Crippen molar-refractivity contribution in [2.75, 3.05) is 5.73 Å². The molecule has 1 fully saturated rings. The number of carbonyl (C=O) groups is 1. The number of nitrogens with two attached hydrogens (primary N) is 2. The van der Waals surface area contributed by atoms with Crippen LogP contribution in [0.2, 0.25) is 0 Å². The van der Waals surface area contributed by atoms with E-state index in [-0.39, 0.29) is 5.69 Å². The average molecular weight is 192 g/mol. The molecule has 0 spiro atoms. The Bertz CT molecular complexity index is 373. The standard InChI is InChI=1S/C9H12N4O/c10-6-3-7(5-1-2-5)12-8(4-6)9(14)13-11/h3-5H,1-2,11H2,(H2,10,12)(H,13,14). The third kappa shape index (κ3) is 1.67. The molecule has 0 atom stereocenters. The van der Waals surface area contributed by atoms with Crippen LogP contribution in [-0.2, 0) is 0 Å². The van der Waals surface area contributed by atoms with Gasteiger partial charge in [0.1, 0.15) is 5.69 Å². The van der Waals surface area contributed by atoms with E-state index in [0.717, 1.165) is 18.5 Å². The number of nitrogen functional groups attached to an aromatic ring is 2. The third-order valence-corrected chi connectivity index (χ3v) is 2.23. The zero-order chi connectivity index (χ0) is 10.1. The van der Waals surface area contributed by atoms with Crippen molar-refractivity contribution in [3.63, 3.8) is 0 Å². The first-order valence-electron chi connectivity index (χ1n) is 4.49. The Kier molecular flexibility index (Phi) is 2.09. The first-order chi connectivity index (χ1) is 6.70. The normalized spacial score (nSPS) is 15.2. The molecule has 1 saturated carbocycles. The van der Waals surface area contributed by atoms with Gasteiger partial charge in [-0.15, -0.1) is 0 Å². The molecule has 5 heteroatoms. The molecule has 5 nitrogen and oxygen atoms in total. The number of carbonyl (C=O) groups excluding carboxylic acids is 1. The Morgan fingerprint density at radius 1 is 1.50 bits per heavy atom. The van der Waals surface area contributed by atoms with Gasteiger partial charge in [0.2, 0.25) is 0 Å². The van der Waals surface area contributed by atoms with E-state index in [9.17, 15) is 4.79 Å². The highest BCUT2D eigenvalue weighted by molar-refractivity contribution is 5.92. The fourth-order valence-electron chi connectivity index (χ4n) is 1.35. The van der Waals surface area contributed by atoms with Crippen LogP contribution >= 0.6 is 0 Å². The minimum absolute atomic E-state index is 0.286. The van der Waals surface area contributed by atoms with Gasteiger partial charge in [0.05, 0.1) is 0 Å². The Balaban J connectivity index is 2.35. The number of rotatable bonds is 2. The highest BCUT2D eigenvalue weighted by Crippen LogP contribution is 2.39. The third-order valence-electron chi connectivity index (χ3n) is 2.23. The highest BCUT2D eigenvalue weighted by atomic mass is 16.2. The summed E-state index contributed by atoms with van der Waals surface area (Å²) in [5.74, 6) is 5.09. The SMILES string of the molecule is NNC(=O)c1cc(N)cc(C2CC2)n1. The van der Waals surface area contributed by atoms with E-state index in [1.807, 2.05) is 11.5 Å². The van der Waals surface area contributed by atoms with Gasteiger partial charge in [-0.25, -0.2) is 10.8 Å². The fraction of sp³-hybridized carbons (Fsp3) is 0.333. The molecule has 1 aliphatic rings. The van der Waals surface area contributed by atoms with Crippen LogP contribution in [0.25, 0.3) is 0 Å². The molecule has 0 aromatic carbocycles. The lowest BCUT2D eigenvalue weighted by Gasteiger charge is -2.04. The van der Waals surface area contributed by atoms with Gasteiger partial charge in [-0.3, -0.25) is 10.2 Å². The minimum Gasteiger partial charge on any atom is -0.399 e. The Morgan fingerprint density at radius 3 is 2.79 bits per heavy atom. The number of anilines is 1. The maximum Gasteiger partial charge on any atom is 0.283 e. The molecule has 1 heterocycles. The van der Waals surface area contributed by atoms with Crippen molar-refractivity contribution in [3.05, 3.63) is 23.5 Å². The van der Waals surface area contributed by atoms with Gasteiger partial charge in [0, 0.05) is 17.3 Å². The summed E-state index contributed by atoms with van der Waals surface area (Å²) >= 11 is 0. The van der Waals surface area contributed by atoms with E-state index in [2.05, 4.69) is 4.98 Å². The van der Waals surface area contributed by atoms with Crippen molar-refractivity contribution in [2.24, 2.45) is 5.84 Å². The molecular formula is C9H12N4O. The van der Waals surface area contributed by atoms with Gasteiger partial charge in [0.15, 0.2) is 0 Å². The molecule has 0 bridgehead atoms. The zero-order valence-corrected chi connectivity index (χ0v) is 7.66. The van der Waals surface area contributed by atoms with Gasteiger partial charge < -0.3 is 5.73 Å². The van der Waals surface area contributed by atoms with Gasteiger partial charge >= 0.3 is 0 Å². The monoisotopic (exact) mass is 192 g/mol. The van der Waals surface area contributed by atoms with Crippen LogP contribution in [0.4, 0.5) is 5.69 Å². The Morgan fingerprint density at radius 2 is 2.21 bits per heavy atom. The van der Waals surface area contributed by atoms with Gasteiger partial charge in [-0.2, -0.15) is 0 Å².